The number of hydrogen-bond acceptors (Lipinski definition) is 4. The van der Waals surface area contributed by atoms with Crippen LogP contribution in [0.5, 0.6) is 0 Å². The van der Waals surface area contributed by atoms with Gasteiger partial charge in [0.2, 0.25) is 0 Å². The summed E-state index contributed by atoms with van der Waals surface area (Å²) in [5.41, 5.74) is 1.64. The molecule has 0 spiro atoms. The number of hydrogen-bond donors (Lipinski definition) is 1. The van der Waals surface area contributed by atoms with E-state index in [-0.39, 0.29) is 12.0 Å². The summed E-state index contributed by atoms with van der Waals surface area (Å²) < 4.78 is 5.57. The highest BCUT2D eigenvalue weighted by molar-refractivity contribution is 6.30. The molecule has 1 aromatic rings. The lowest BCUT2D eigenvalue weighted by Gasteiger charge is -2.37. The van der Waals surface area contributed by atoms with Crippen molar-refractivity contribution in [2.45, 2.75) is 38.0 Å². The number of benzene rings is 1. The van der Waals surface area contributed by atoms with E-state index in [1.54, 1.807) is 6.07 Å². The summed E-state index contributed by atoms with van der Waals surface area (Å²) in [6, 6.07) is 8.05. The number of likely N-dealkylation sites (tertiary alicyclic amines) is 1. The largest absolute Gasteiger partial charge is 0.393 e. The lowest BCUT2D eigenvalue weighted by molar-refractivity contribution is -0.0636. The maximum Gasteiger partial charge on any atom is 0.0995 e. The second kappa shape index (κ2) is 6.97. The maximum absolute atomic E-state index is 10.3. The summed E-state index contributed by atoms with van der Waals surface area (Å²) in [6.07, 6.45) is 2.66. The summed E-state index contributed by atoms with van der Waals surface area (Å²) in [6.45, 7) is 3.02. The molecule has 0 bridgehead atoms. The highest BCUT2D eigenvalue weighted by atomic mass is 35.5. The van der Waals surface area contributed by atoms with Gasteiger partial charge >= 0.3 is 0 Å². The monoisotopic (exact) mass is 320 g/mol. The molecule has 2 aliphatic heterocycles. The molecule has 2 heterocycles. The molecule has 5 heteroatoms. The first-order valence-electron chi connectivity index (χ1n) is 7.87. The highest BCUT2D eigenvalue weighted by Crippen LogP contribution is 2.31. The number of nitriles is 1. The standard InChI is InChI=1S/C17H21ClN2O2/c18-14-4-3-12(13(8-14)9-19)10-20-6-1-2-16(20)15-11-22-7-5-17(15)21/h3-4,8,15-17,21H,1-2,5-7,10-11H2. The topological polar surface area (TPSA) is 56.5 Å². The molecule has 118 valence electrons. The Morgan fingerprint density at radius 2 is 2.27 bits per heavy atom. The Morgan fingerprint density at radius 3 is 3.05 bits per heavy atom. The third kappa shape index (κ3) is 3.28. The van der Waals surface area contributed by atoms with Crippen LogP contribution < -0.4 is 0 Å². The summed E-state index contributed by atoms with van der Waals surface area (Å²) in [5.74, 6) is 0.175. The van der Waals surface area contributed by atoms with Crippen molar-refractivity contribution < 1.29 is 9.84 Å². The minimum atomic E-state index is -0.278. The van der Waals surface area contributed by atoms with Gasteiger partial charge in [-0.15, -0.1) is 0 Å². The zero-order valence-electron chi connectivity index (χ0n) is 12.5. The van der Waals surface area contributed by atoms with Gasteiger partial charge in [0.15, 0.2) is 0 Å². The van der Waals surface area contributed by atoms with Gasteiger partial charge in [-0.05, 0) is 43.5 Å². The predicted octanol–water partition coefficient (Wildman–Crippen LogP) is 2.57. The summed E-state index contributed by atoms with van der Waals surface area (Å²) in [4.78, 5) is 2.38. The first-order chi connectivity index (χ1) is 10.7. The SMILES string of the molecule is N#Cc1cc(Cl)ccc1CN1CCCC1C1COCCC1O. The molecule has 4 nitrogen and oxygen atoms in total. The van der Waals surface area contributed by atoms with Crippen molar-refractivity contribution in [3.8, 4) is 6.07 Å². The summed E-state index contributed by atoms with van der Waals surface area (Å²) >= 11 is 5.97. The van der Waals surface area contributed by atoms with Gasteiger partial charge in [-0.2, -0.15) is 5.26 Å². The Bertz CT molecular complexity index is 572. The molecule has 0 aromatic heterocycles. The molecule has 0 aliphatic carbocycles. The first-order valence-corrected chi connectivity index (χ1v) is 8.25. The second-order valence-corrected chi connectivity index (χ2v) is 6.62. The average Bonchev–Trinajstić information content (AvgIpc) is 2.97. The number of rotatable bonds is 3. The van der Waals surface area contributed by atoms with Gasteiger partial charge in [0.1, 0.15) is 0 Å². The second-order valence-electron chi connectivity index (χ2n) is 6.19. The van der Waals surface area contributed by atoms with Crippen LogP contribution in [0, 0.1) is 17.2 Å². The lowest BCUT2D eigenvalue weighted by atomic mass is 9.89. The van der Waals surface area contributed by atoms with E-state index in [1.807, 2.05) is 12.1 Å². The van der Waals surface area contributed by atoms with E-state index in [4.69, 9.17) is 16.3 Å². The predicted molar refractivity (Wildman–Crippen MR) is 84.5 cm³/mol. The van der Waals surface area contributed by atoms with Crippen LogP contribution in [0.4, 0.5) is 0 Å². The quantitative estimate of drug-likeness (QED) is 0.930. The molecule has 3 unspecified atom stereocenters. The smallest absolute Gasteiger partial charge is 0.0995 e. The Balaban J connectivity index is 1.75. The van der Waals surface area contributed by atoms with Crippen LogP contribution >= 0.6 is 11.6 Å². The lowest BCUT2D eigenvalue weighted by Crippen LogP contribution is -2.45. The average molecular weight is 321 g/mol. The normalized spacial score (nSPS) is 29.4. The van der Waals surface area contributed by atoms with E-state index in [2.05, 4.69) is 11.0 Å². The highest BCUT2D eigenvalue weighted by Gasteiger charge is 2.37. The van der Waals surface area contributed by atoms with Gasteiger partial charge in [0.05, 0.1) is 24.3 Å². The zero-order chi connectivity index (χ0) is 15.5. The van der Waals surface area contributed by atoms with E-state index in [9.17, 15) is 10.4 Å². The van der Waals surface area contributed by atoms with E-state index in [0.717, 1.165) is 37.9 Å². The Kier molecular flexibility index (Phi) is 5.00. The van der Waals surface area contributed by atoms with Crippen LogP contribution in [0.2, 0.25) is 5.02 Å². The molecular formula is C17H21ClN2O2. The number of halogens is 1. The van der Waals surface area contributed by atoms with Crippen LogP contribution in [-0.4, -0.2) is 41.9 Å². The molecule has 1 N–H and O–H groups in total. The van der Waals surface area contributed by atoms with Gasteiger partial charge in [-0.3, -0.25) is 4.90 Å². The van der Waals surface area contributed by atoms with E-state index < -0.39 is 0 Å². The number of aliphatic hydroxyl groups is 1. The van der Waals surface area contributed by atoms with Crippen molar-refractivity contribution in [1.82, 2.24) is 4.90 Å². The van der Waals surface area contributed by atoms with Crippen LogP contribution in [-0.2, 0) is 11.3 Å². The van der Waals surface area contributed by atoms with Crippen molar-refractivity contribution in [1.29, 1.82) is 5.26 Å². The zero-order valence-corrected chi connectivity index (χ0v) is 13.3. The molecule has 0 radical (unpaired) electrons. The molecule has 2 aliphatic rings. The number of nitrogens with zero attached hydrogens (tertiary/aromatic N) is 2. The molecule has 2 fully saturated rings. The third-order valence-electron chi connectivity index (χ3n) is 4.84. The maximum atomic E-state index is 10.3. The van der Waals surface area contributed by atoms with Gasteiger partial charge in [-0.25, -0.2) is 0 Å². The minimum Gasteiger partial charge on any atom is -0.393 e. The number of ether oxygens (including phenoxy) is 1. The first kappa shape index (κ1) is 15.8. The minimum absolute atomic E-state index is 0.175. The Labute approximate surface area is 136 Å². The van der Waals surface area contributed by atoms with Crippen molar-refractivity contribution >= 4 is 11.6 Å². The summed E-state index contributed by atoms with van der Waals surface area (Å²) in [7, 11) is 0. The van der Waals surface area contributed by atoms with Crippen LogP contribution in [0.15, 0.2) is 18.2 Å². The van der Waals surface area contributed by atoms with Gasteiger partial charge < -0.3 is 9.84 Å². The molecule has 0 saturated carbocycles. The van der Waals surface area contributed by atoms with Gasteiger partial charge in [0, 0.05) is 30.1 Å². The summed E-state index contributed by atoms with van der Waals surface area (Å²) in [5, 5.41) is 20.2. The molecule has 1 aromatic carbocycles. The van der Waals surface area contributed by atoms with Crippen molar-refractivity contribution in [3.63, 3.8) is 0 Å². The van der Waals surface area contributed by atoms with Crippen LogP contribution in [0.3, 0.4) is 0 Å². The molecular weight excluding hydrogens is 300 g/mol. The fourth-order valence-electron chi connectivity index (χ4n) is 3.66. The van der Waals surface area contributed by atoms with E-state index in [0.29, 0.717) is 29.8 Å². The van der Waals surface area contributed by atoms with Crippen molar-refractivity contribution in [2.75, 3.05) is 19.8 Å². The van der Waals surface area contributed by atoms with Gasteiger partial charge in [0.25, 0.3) is 0 Å². The molecule has 2 saturated heterocycles. The third-order valence-corrected chi connectivity index (χ3v) is 5.07. The van der Waals surface area contributed by atoms with Crippen molar-refractivity contribution in [3.05, 3.63) is 34.3 Å². The van der Waals surface area contributed by atoms with E-state index in [1.165, 1.54) is 0 Å². The van der Waals surface area contributed by atoms with Gasteiger partial charge in [-0.1, -0.05) is 17.7 Å². The Hall–Kier alpha value is -1.12. The Morgan fingerprint density at radius 1 is 1.41 bits per heavy atom. The fraction of sp³-hybridized carbons (Fsp3) is 0.588. The molecule has 0 amide bonds. The molecule has 3 atom stereocenters. The molecule has 22 heavy (non-hydrogen) atoms. The van der Waals surface area contributed by atoms with Crippen LogP contribution in [0.25, 0.3) is 0 Å². The molecule has 3 rings (SSSR count). The fourth-order valence-corrected chi connectivity index (χ4v) is 3.83. The van der Waals surface area contributed by atoms with Crippen LogP contribution in [0.1, 0.15) is 30.4 Å². The van der Waals surface area contributed by atoms with Crippen molar-refractivity contribution in [2.24, 2.45) is 5.92 Å². The number of aliphatic hydroxyl groups excluding tert-OH is 1. The van der Waals surface area contributed by atoms with E-state index >= 15 is 0 Å².